The second-order valence-corrected chi connectivity index (χ2v) is 4.34. The van der Waals surface area contributed by atoms with Crippen LogP contribution in [0.1, 0.15) is 27.0 Å². The molecule has 19 heavy (non-hydrogen) atoms. The second-order valence-electron chi connectivity index (χ2n) is 4.34. The highest BCUT2D eigenvalue weighted by Gasteiger charge is 2.11. The lowest BCUT2D eigenvalue weighted by atomic mass is 10.1. The van der Waals surface area contributed by atoms with Crippen LogP contribution < -0.4 is 4.74 Å². The van der Waals surface area contributed by atoms with Gasteiger partial charge in [0.25, 0.3) is 0 Å². The lowest BCUT2D eigenvalue weighted by Gasteiger charge is -2.07. The SMILES string of the molecule is Cc1ccc(C)c(C(=O)Oc2ccc(C#N)cc2)c1. The van der Waals surface area contributed by atoms with E-state index in [0.29, 0.717) is 16.9 Å². The number of ether oxygens (including phenoxy) is 1. The molecule has 2 aromatic carbocycles. The van der Waals surface area contributed by atoms with Crippen molar-refractivity contribution in [3.8, 4) is 11.8 Å². The Kier molecular flexibility index (Phi) is 3.63. The van der Waals surface area contributed by atoms with Gasteiger partial charge in [0, 0.05) is 0 Å². The summed E-state index contributed by atoms with van der Waals surface area (Å²) < 4.78 is 5.29. The molecule has 3 heteroatoms. The molecule has 0 aliphatic rings. The minimum atomic E-state index is -0.383. The minimum absolute atomic E-state index is 0.383. The van der Waals surface area contributed by atoms with E-state index < -0.39 is 0 Å². The molecule has 0 bridgehead atoms. The van der Waals surface area contributed by atoms with Gasteiger partial charge in [0.1, 0.15) is 5.75 Å². The molecule has 0 heterocycles. The molecular weight excluding hydrogens is 238 g/mol. The van der Waals surface area contributed by atoms with E-state index in [2.05, 4.69) is 0 Å². The summed E-state index contributed by atoms with van der Waals surface area (Å²) in [5.74, 6) is 0.0517. The number of hydrogen-bond donors (Lipinski definition) is 0. The zero-order valence-electron chi connectivity index (χ0n) is 10.8. The van der Waals surface area contributed by atoms with Gasteiger partial charge in [-0.15, -0.1) is 0 Å². The molecule has 0 atom stereocenters. The predicted octanol–water partition coefficient (Wildman–Crippen LogP) is 3.39. The predicted molar refractivity (Wildman–Crippen MR) is 72.0 cm³/mol. The molecule has 0 spiro atoms. The van der Waals surface area contributed by atoms with Crippen molar-refractivity contribution in [1.82, 2.24) is 0 Å². The van der Waals surface area contributed by atoms with Crippen LogP contribution in [0.2, 0.25) is 0 Å². The first-order valence-corrected chi connectivity index (χ1v) is 5.90. The van der Waals surface area contributed by atoms with Gasteiger partial charge >= 0.3 is 5.97 Å². The van der Waals surface area contributed by atoms with Crippen molar-refractivity contribution in [3.63, 3.8) is 0 Å². The molecule has 0 amide bonds. The highest BCUT2D eigenvalue weighted by atomic mass is 16.5. The first-order chi connectivity index (χ1) is 9.10. The van der Waals surface area contributed by atoms with E-state index in [1.165, 1.54) is 0 Å². The summed E-state index contributed by atoms with van der Waals surface area (Å²) in [7, 11) is 0. The third-order valence-corrected chi connectivity index (χ3v) is 2.81. The van der Waals surface area contributed by atoms with Crippen LogP contribution >= 0.6 is 0 Å². The summed E-state index contributed by atoms with van der Waals surface area (Å²) in [6, 6.07) is 14.1. The molecule has 2 aromatic rings. The number of hydrogen-bond acceptors (Lipinski definition) is 3. The van der Waals surface area contributed by atoms with Crippen LogP contribution in [0, 0.1) is 25.2 Å². The lowest BCUT2D eigenvalue weighted by molar-refractivity contribution is 0.0734. The van der Waals surface area contributed by atoms with E-state index in [-0.39, 0.29) is 5.97 Å². The highest BCUT2D eigenvalue weighted by molar-refractivity contribution is 5.92. The van der Waals surface area contributed by atoms with Gasteiger partial charge in [-0.25, -0.2) is 4.79 Å². The van der Waals surface area contributed by atoms with E-state index in [1.807, 2.05) is 32.0 Å². The number of carbonyl (C=O) groups excluding carboxylic acids is 1. The van der Waals surface area contributed by atoms with Crippen molar-refractivity contribution >= 4 is 5.97 Å². The van der Waals surface area contributed by atoms with Gasteiger partial charge in [0.2, 0.25) is 0 Å². The van der Waals surface area contributed by atoms with Crippen LogP contribution in [0.3, 0.4) is 0 Å². The summed E-state index contributed by atoms with van der Waals surface area (Å²) >= 11 is 0. The number of aryl methyl sites for hydroxylation is 2. The Balaban J connectivity index is 2.21. The molecular formula is C16H13NO2. The van der Waals surface area contributed by atoms with Crippen molar-refractivity contribution in [2.24, 2.45) is 0 Å². The fraction of sp³-hybridized carbons (Fsp3) is 0.125. The summed E-state index contributed by atoms with van der Waals surface area (Å²) in [4.78, 5) is 12.1. The Labute approximate surface area is 112 Å². The molecule has 0 aliphatic carbocycles. The van der Waals surface area contributed by atoms with Crippen molar-refractivity contribution in [2.45, 2.75) is 13.8 Å². The molecule has 0 aliphatic heterocycles. The quantitative estimate of drug-likeness (QED) is 0.607. The van der Waals surface area contributed by atoms with Gasteiger partial charge in [-0.05, 0) is 49.7 Å². The monoisotopic (exact) mass is 251 g/mol. The summed E-state index contributed by atoms with van der Waals surface area (Å²) in [5.41, 5.74) is 2.98. The summed E-state index contributed by atoms with van der Waals surface area (Å²) in [6.45, 7) is 3.80. The van der Waals surface area contributed by atoms with E-state index in [9.17, 15) is 4.79 Å². The van der Waals surface area contributed by atoms with Gasteiger partial charge < -0.3 is 4.74 Å². The number of nitriles is 1. The molecule has 0 unspecified atom stereocenters. The van der Waals surface area contributed by atoms with Crippen molar-refractivity contribution in [1.29, 1.82) is 5.26 Å². The van der Waals surface area contributed by atoms with Gasteiger partial charge in [-0.1, -0.05) is 17.7 Å². The van der Waals surface area contributed by atoms with Crippen molar-refractivity contribution in [3.05, 3.63) is 64.7 Å². The van der Waals surface area contributed by atoms with Crippen molar-refractivity contribution < 1.29 is 9.53 Å². The van der Waals surface area contributed by atoms with Gasteiger partial charge in [-0.2, -0.15) is 5.26 Å². The maximum atomic E-state index is 12.1. The molecule has 94 valence electrons. The average molecular weight is 251 g/mol. The zero-order chi connectivity index (χ0) is 13.8. The first kappa shape index (κ1) is 12.8. The van der Waals surface area contributed by atoms with Gasteiger partial charge in [0.15, 0.2) is 0 Å². The molecule has 3 nitrogen and oxygen atoms in total. The van der Waals surface area contributed by atoms with E-state index in [1.54, 1.807) is 30.3 Å². The average Bonchev–Trinajstić information content (AvgIpc) is 2.42. The third kappa shape index (κ3) is 2.99. The molecule has 0 N–H and O–H groups in total. The number of benzene rings is 2. The van der Waals surface area contributed by atoms with Crippen LogP contribution in [0.5, 0.6) is 5.75 Å². The Morgan fingerprint density at radius 3 is 2.42 bits per heavy atom. The second kappa shape index (κ2) is 5.36. The Morgan fingerprint density at radius 2 is 1.79 bits per heavy atom. The number of esters is 1. The minimum Gasteiger partial charge on any atom is -0.423 e. The van der Waals surface area contributed by atoms with Crippen LogP contribution in [0.25, 0.3) is 0 Å². The van der Waals surface area contributed by atoms with Crippen molar-refractivity contribution in [2.75, 3.05) is 0 Å². The first-order valence-electron chi connectivity index (χ1n) is 5.90. The van der Waals surface area contributed by atoms with Gasteiger partial charge in [0.05, 0.1) is 17.2 Å². The maximum Gasteiger partial charge on any atom is 0.343 e. The van der Waals surface area contributed by atoms with Crippen LogP contribution in [0.15, 0.2) is 42.5 Å². The standard InChI is InChI=1S/C16H13NO2/c1-11-3-4-12(2)15(9-11)16(18)19-14-7-5-13(10-17)6-8-14/h3-9H,1-2H3. The number of nitrogens with zero attached hydrogens (tertiary/aromatic N) is 1. The fourth-order valence-corrected chi connectivity index (χ4v) is 1.72. The Hall–Kier alpha value is -2.60. The molecule has 2 rings (SSSR count). The normalized spacial score (nSPS) is 9.74. The smallest absolute Gasteiger partial charge is 0.343 e. The number of rotatable bonds is 2. The van der Waals surface area contributed by atoms with Crippen LogP contribution in [-0.2, 0) is 0 Å². The fourth-order valence-electron chi connectivity index (χ4n) is 1.72. The maximum absolute atomic E-state index is 12.1. The Morgan fingerprint density at radius 1 is 1.11 bits per heavy atom. The molecule has 0 radical (unpaired) electrons. The van der Waals surface area contributed by atoms with Crippen LogP contribution in [0.4, 0.5) is 0 Å². The molecule has 0 saturated carbocycles. The molecule has 0 fully saturated rings. The zero-order valence-corrected chi connectivity index (χ0v) is 10.8. The third-order valence-electron chi connectivity index (χ3n) is 2.81. The number of carbonyl (C=O) groups is 1. The molecule has 0 saturated heterocycles. The van der Waals surface area contributed by atoms with Gasteiger partial charge in [-0.3, -0.25) is 0 Å². The summed E-state index contributed by atoms with van der Waals surface area (Å²) in [6.07, 6.45) is 0. The summed E-state index contributed by atoms with van der Waals surface area (Å²) in [5, 5.41) is 8.70. The lowest BCUT2D eigenvalue weighted by Crippen LogP contribution is -2.10. The van der Waals surface area contributed by atoms with Crippen LogP contribution in [-0.4, -0.2) is 5.97 Å². The topological polar surface area (TPSA) is 50.1 Å². The van der Waals surface area contributed by atoms with E-state index in [4.69, 9.17) is 10.00 Å². The van der Waals surface area contributed by atoms with E-state index in [0.717, 1.165) is 11.1 Å². The highest BCUT2D eigenvalue weighted by Crippen LogP contribution is 2.16. The molecule has 0 aromatic heterocycles. The largest absolute Gasteiger partial charge is 0.423 e. The Bertz CT molecular complexity index is 651. The van der Waals surface area contributed by atoms with E-state index >= 15 is 0 Å².